The minimum Gasteiger partial charge on any atom is -0.379 e. The Labute approximate surface area is 150 Å². The Morgan fingerprint density at radius 3 is 2.72 bits per heavy atom. The molecule has 0 unspecified atom stereocenters. The average Bonchev–Trinajstić information content (AvgIpc) is 2.53. The molecule has 2 aromatic rings. The van der Waals surface area contributed by atoms with Gasteiger partial charge >= 0.3 is 0 Å². The number of nitro benzene ring substituents is 1. The molecule has 0 atom stereocenters. The number of fused-ring (bicyclic) bond motifs is 1. The minimum absolute atomic E-state index is 0.0701. The van der Waals surface area contributed by atoms with Crippen molar-refractivity contribution in [3.05, 3.63) is 80.4 Å². The molecule has 0 spiro atoms. The summed E-state index contributed by atoms with van der Waals surface area (Å²) in [4.78, 5) is 23.3. The summed E-state index contributed by atoms with van der Waals surface area (Å²) in [6.45, 7) is 4.06. The summed E-state index contributed by atoms with van der Waals surface area (Å²) >= 11 is 6.09. The maximum Gasteiger partial charge on any atom is 0.280 e. The Hall–Kier alpha value is -2.66. The van der Waals surface area contributed by atoms with Crippen LogP contribution in [0.4, 0.5) is 5.69 Å². The van der Waals surface area contributed by atoms with Gasteiger partial charge in [0.2, 0.25) is 0 Å². The first-order valence-corrected chi connectivity index (χ1v) is 8.21. The summed E-state index contributed by atoms with van der Waals surface area (Å²) in [5.74, 6) is -0.409. The van der Waals surface area contributed by atoms with Crippen LogP contribution >= 0.6 is 11.6 Å². The van der Waals surface area contributed by atoms with Gasteiger partial charge in [0.05, 0.1) is 10.5 Å². The number of allylic oxidation sites excluding steroid dienone is 1. The molecule has 0 aromatic heterocycles. The van der Waals surface area contributed by atoms with E-state index >= 15 is 0 Å². The maximum atomic E-state index is 12.7. The van der Waals surface area contributed by atoms with E-state index in [2.05, 4.69) is 5.32 Å². The van der Waals surface area contributed by atoms with Gasteiger partial charge in [0.25, 0.3) is 5.69 Å². The lowest BCUT2D eigenvalue weighted by atomic mass is 9.85. The summed E-state index contributed by atoms with van der Waals surface area (Å²) in [5.41, 5.74) is 2.18. The lowest BCUT2D eigenvalue weighted by Crippen LogP contribution is -2.43. The Bertz CT molecular complexity index is 903. The van der Waals surface area contributed by atoms with E-state index in [4.69, 9.17) is 11.6 Å². The van der Waals surface area contributed by atoms with E-state index in [-0.39, 0.29) is 16.8 Å². The molecule has 0 bridgehead atoms. The van der Waals surface area contributed by atoms with Gasteiger partial charge in [-0.15, -0.1) is 0 Å². The minimum atomic E-state index is -0.544. The number of rotatable bonds is 3. The first-order valence-electron chi connectivity index (χ1n) is 7.83. The third kappa shape index (κ3) is 3.56. The summed E-state index contributed by atoms with van der Waals surface area (Å²) in [7, 11) is 0. The molecule has 1 aliphatic rings. The zero-order valence-electron chi connectivity index (χ0n) is 13.9. The van der Waals surface area contributed by atoms with Crippen molar-refractivity contribution in [1.29, 1.82) is 0 Å². The van der Waals surface area contributed by atoms with Crippen molar-refractivity contribution < 1.29 is 9.72 Å². The molecule has 0 amide bonds. The number of carbonyl (C=O) groups is 1. The third-order valence-electron chi connectivity index (χ3n) is 4.10. The van der Waals surface area contributed by atoms with Gasteiger partial charge in [0, 0.05) is 34.0 Å². The number of hydrogen-bond donors (Lipinski definition) is 1. The summed E-state index contributed by atoms with van der Waals surface area (Å²) in [6.07, 6.45) is 2.19. The number of benzene rings is 2. The van der Waals surface area contributed by atoms with Crippen molar-refractivity contribution in [3.8, 4) is 0 Å². The van der Waals surface area contributed by atoms with Crippen LogP contribution in [0.1, 0.15) is 35.3 Å². The molecular formula is C19H17ClN2O3. The smallest absolute Gasteiger partial charge is 0.280 e. The molecule has 2 aromatic carbocycles. The van der Waals surface area contributed by atoms with Crippen LogP contribution < -0.4 is 5.32 Å². The predicted octanol–water partition coefficient (Wildman–Crippen LogP) is 4.40. The van der Waals surface area contributed by atoms with Crippen LogP contribution in [0.2, 0.25) is 5.02 Å². The van der Waals surface area contributed by atoms with Crippen LogP contribution in [0, 0.1) is 10.1 Å². The molecule has 3 rings (SSSR count). The van der Waals surface area contributed by atoms with E-state index in [1.807, 2.05) is 26.0 Å². The van der Waals surface area contributed by atoms with E-state index in [0.717, 1.165) is 17.5 Å². The number of nitro groups is 1. The SMILES string of the molecule is CC1(C)Cc2cc(Cl)ccc2/C(=C/C(=O)c2ccccc2[N+](=O)[O-])N1. The zero-order chi connectivity index (χ0) is 18.2. The average molecular weight is 357 g/mol. The van der Waals surface area contributed by atoms with Crippen LogP contribution in [-0.2, 0) is 6.42 Å². The van der Waals surface area contributed by atoms with Crippen LogP contribution in [0.25, 0.3) is 5.70 Å². The van der Waals surface area contributed by atoms with Gasteiger partial charge in [-0.1, -0.05) is 29.8 Å². The molecule has 0 saturated heterocycles. The lowest BCUT2D eigenvalue weighted by Gasteiger charge is -2.35. The van der Waals surface area contributed by atoms with Crippen LogP contribution in [-0.4, -0.2) is 16.2 Å². The van der Waals surface area contributed by atoms with Gasteiger partial charge < -0.3 is 5.32 Å². The van der Waals surface area contributed by atoms with E-state index in [0.29, 0.717) is 10.7 Å². The van der Waals surface area contributed by atoms with Crippen molar-refractivity contribution >= 4 is 28.8 Å². The monoisotopic (exact) mass is 356 g/mol. The largest absolute Gasteiger partial charge is 0.379 e. The molecule has 1 aliphatic heterocycles. The van der Waals surface area contributed by atoms with Gasteiger partial charge in [-0.2, -0.15) is 0 Å². The van der Waals surface area contributed by atoms with E-state index in [1.54, 1.807) is 18.2 Å². The summed E-state index contributed by atoms with van der Waals surface area (Å²) < 4.78 is 0. The van der Waals surface area contributed by atoms with Crippen molar-refractivity contribution in [2.45, 2.75) is 25.8 Å². The second kappa shape index (κ2) is 6.33. The Balaban J connectivity index is 2.07. The standard InChI is InChI=1S/C19H17ClN2O3/c1-19(2)11-12-9-13(20)7-8-14(12)16(21-19)10-18(23)15-5-3-4-6-17(15)22(24)25/h3-10,21H,11H2,1-2H3/b16-10-. The number of nitrogens with zero attached hydrogens (tertiary/aromatic N) is 1. The highest BCUT2D eigenvalue weighted by Crippen LogP contribution is 2.32. The zero-order valence-corrected chi connectivity index (χ0v) is 14.6. The maximum absolute atomic E-state index is 12.7. The van der Waals surface area contributed by atoms with Crippen LogP contribution in [0.3, 0.4) is 0 Å². The fourth-order valence-electron chi connectivity index (χ4n) is 3.09. The number of carbonyl (C=O) groups excluding carboxylic acids is 1. The van der Waals surface area contributed by atoms with Gasteiger partial charge in [-0.05, 0) is 44.0 Å². The Morgan fingerprint density at radius 1 is 1.28 bits per heavy atom. The fourth-order valence-corrected chi connectivity index (χ4v) is 3.28. The molecule has 5 nitrogen and oxygen atoms in total. The highest BCUT2D eigenvalue weighted by molar-refractivity contribution is 6.30. The third-order valence-corrected chi connectivity index (χ3v) is 4.34. The van der Waals surface area contributed by atoms with E-state index < -0.39 is 10.7 Å². The topological polar surface area (TPSA) is 72.2 Å². The fraction of sp³-hybridized carbons (Fsp3) is 0.211. The quantitative estimate of drug-likeness (QED) is 0.383. The predicted molar refractivity (Wildman–Crippen MR) is 97.8 cm³/mol. The molecule has 128 valence electrons. The second-order valence-electron chi connectivity index (χ2n) is 6.68. The molecular weight excluding hydrogens is 340 g/mol. The van der Waals surface area contributed by atoms with Crippen molar-refractivity contribution in [2.75, 3.05) is 0 Å². The van der Waals surface area contributed by atoms with Crippen molar-refractivity contribution in [2.24, 2.45) is 0 Å². The highest BCUT2D eigenvalue weighted by Gasteiger charge is 2.28. The molecule has 0 aliphatic carbocycles. The normalized spacial score (nSPS) is 16.8. The molecule has 1 N–H and O–H groups in total. The summed E-state index contributed by atoms with van der Waals surface area (Å²) in [6, 6.07) is 11.5. The highest BCUT2D eigenvalue weighted by atomic mass is 35.5. The number of halogens is 1. The molecule has 0 radical (unpaired) electrons. The number of nitrogens with one attached hydrogen (secondary N) is 1. The number of hydrogen-bond acceptors (Lipinski definition) is 4. The Morgan fingerprint density at radius 2 is 2.00 bits per heavy atom. The van der Waals surface area contributed by atoms with Crippen LogP contribution in [0.5, 0.6) is 0 Å². The first-order chi connectivity index (χ1) is 11.8. The molecule has 0 saturated carbocycles. The van der Waals surface area contributed by atoms with Crippen molar-refractivity contribution in [3.63, 3.8) is 0 Å². The molecule has 6 heteroatoms. The molecule has 1 heterocycles. The number of para-hydroxylation sites is 1. The van der Waals surface area contributed by atoms with Crippen molar-refractivity contribution in [1.82, 2.24) is 5.32 Å². The Kier molecular flexibility index (Phi) is 4.35. The second-order valence-corrected chi connectivity index (χ2v) is 7.12. The van der Waals surface area contributed by atoms with E-state index in [9.17, 15) is 14.9 Å². The lowest BCUT2D eigenvalue weighted by molar-refractivity contribution is -0.385. The summed E-state index contributed by atoms with van der Waals surface area (Å²) in [5, 5.41) is 15.1. The molecule has 0 fully saturated rings. The van der Waals surface area contributed by atoms with Crippen LogP contribution in [0.15, 0.2) is 48.5 Å². The number of ketones is 1. The van der Waals surface area contributed by atoms with Gasteiger partial charge in [-0.3, -0.25) is 14.9 Å². The van der Waals surface area contributed by atoms with Gasteiger partial charge in [-0.25, -0.2) is 0 Å². The van der Waals surface area contributed by atoms with E-state index in [1.165, 1.54) is 18.2 Å². The van der Waals surface area contributed by atoms with Gasteiger partial charge in [0.15, 0.2) is 5.78 Å². The van der Waals surface area contributed by atoms with Gasteiger partial charge in [0.1, 0.15) is 0 Å². The molecule has 25 heavy (non-hydrogen) atoms. The first kappa shape index (κ1) is 17.2.